The fourth-order valence-corrected chi connectivity index (χ4v) is 2.20. The second kappa shape index (κ2) is 11.2. The van der Waals surface area contributed by atoms with Crippen molar-refractivity contribution in [2.75, 3.05) is 5.88 Å². The van der Waals surface area contributed by atoms with E-state index in [0.29, 0.717) is 10.6 Å². The van der Waals surface area contributed by atoms with Gasteiger partial charge in [0, 0.05) is 16.8 Å². The predicted molar refractivity (Wildman–Crippen MR) is 93.5 cm³/mol. The van der Waals surface area contributed by atoms with Crippen molar-refractivity contribution < 1.29 is 14.0 Å². The molecule has 1 aliphatic carbocycles. The number of amidine groups is 1. The van der Waals surface area contributed by atoms with E-state index in [4.69, 9.17) is 28.9 Å². The first-order valence-electron chi connectivity index (χ1n) is 7.40. The Morgan fingerprint density at radius 2 is 1.91 bits per heavy atom. The summed E-state index contributed by atoms with van der Waals surface area (Å²) in [6, 6.07) is 6.62. The van der Waals surface area contributed by atoms with E-state index in [1.54, 1.807) is 24.3 Å². The molecule has 7 heteroatoms. The molecule has 2 N–H and O–H groups in total. The van der Waals surface area contributed by atoms with Gasteiger partial charge in [-0.2, -0.15) is 0 Å². The molecule has 0 unspecified atom stereocenters. The van der Waals surface area contributed by atoms with Crippen molar-refractivity contribution in [2.45, 2.75) is 39.3 Å². The molecular weight excluding hydrogens is 342 g/mol. The number of oxime groups is 1. The fraction of sp³-hybridized carbons (Fsp3) is 0.500. The van der Waals surface area contributed by atoms with Crippen molar-refractivity contribution in [3.63, 3.8) is 0 Å². The van der Waals surface area contributed by atoms with Crippen LogP contribution in [-0.4, -0.2) is 18.2 Å². The highest BCUT2D eigenvalue weighted by molar-refractivity contribution is 6.30. The first kappa shape index (κ1) is 21.7. The molecule has 130 valence electrons. The molecule has 1 aliphatic rings. The van der Waals surface area contributed by atoms with Crippen molar-refractivity contribution in [1.82, 2.24) is 0 Å². The maximum absolute atomic E-state index is 14.4. The van der Waals surface area contributed by atoms with Crippen molar-refractivity contribution >= 4 is 35.5 Å². The number of alkyl halides is 2. The third-order valence-corrected chi connectivity index (χ3v) is 3.37. The number of halogens is 3. The SMILES string of the molecule is CC.CCCl.N/C(=N\OC=O)C1CC(F)(c2ccc(Cl)cc2)C1. The molecule has 0 saturated heterocycles. The summed E-state index contributed by atoms with van der Waals surface area (Å²) in [6.45, 7) is 6.06. The Balaban J connectivity index is 0.000000868. The summed E-state index contributed by atoms with van der Waals surface area (Å²) < 4.78 is 14.4. The molecule has 0 heterocycles. The molecule has 0 atom stereocenters. The zero-order valence-electron chi connectivity index (χ0n) is 13.6. The van der Waals surface area contributed by atoms with E-state index in [1.807, 2.05) is 20.8 Å². The van der Waals surface area contributed by atoms with E-state index < -0.39 is 5.67 Å². The minimum Gasteiger partial charge on any atom is -0.384 e. The van der Waals surface area contributed by atoms with Gasteiger partial charge in [0.1, 0.15) is 11.5 Å². The van der Waals surface area contributed by atoms with Gasteiger partial charge < -0.3 is 10.6 Å². The molecular formula is C16H23Cl2FN2O2. The van der Waals surface area contributed by atoms with Crippen molar-refractivity contribution in [1.29, 1.82) is 0 Å². The van der Waals surface area contributed by atoms with E-state index in [9.17, 15) is 9.18 Å². The summed E-state index contributed by atoms with van der Waals surface area (Å²) in [5.41, 5.74) is 4.74. The number of carbonyl (C=O) groups excluding carboxylic acids is 1. The van der Waals surface area contributed by atoms with Gasteiger partial charge in [-0.05, 0) is 30.5 Å². The van der Waals surface area contributed by atoms with E-state index in [0.717, 1.165) is 5.88 Å². The van der Waals surface area contributed by atoms with Crippen LogP contribution in [0.25, 0.3) is 0 Å². The summed E-state index contributed by atoms with van der Waals surface area (Å²) in [5.74, 6) is 0.662. The largest absolute Gasteiger partial charge is 0.384 e. The van der Waals surface area contributed by atoms with Gasteiger partial charge in [0.25, 0.3) is 0 Å². The van der Waals surface area contributed by atoms with Gasteiger partial charge in [-0.1, -0.05) is 49.7 Å². The molecule has 0 radical (unpaired) electrons. The lowest BCUT2D eigenvalue weighted by atomic mass is 9.68. The Bertz CT molecular complexity index is 489. The molecule has 0 spiro atoms. The average Bonchev–Trinajstić information content (AvgIpc) is 2.53. The van der Waals surface area contributed by atoms with Crippen molar-refractivity contribution in [3.8, 4) is 0 Å². The van der Waals surface area contributed by atoms with Crippen LogP contribution in [0.1, 0.15) is 39.2 Å². The third-order valence-electron chi connectivity index (χ3n) is 3.12. The predicted octanol–water partition coefficient (Wildman–Crippen LogP) is 4.63. The van der Waals surface area contributed by atoms with Crippen molar-refractivity contribution in [2.24, 2.45) is 16.8 Å². The van der Waals surface area contributed by atoms with E-state index >= 15 is 0 Å². The van der Waals surface area contributed by atoms with Crippen LogP contribution in [0.2, 0.25) is 5.02 Å². The first-order valence-corrected chi connectivity index (χ1v) is 8.31. The van der Waals surface area contributed by atoms with E-state index in [1.165, 1.54) is 0 Å². The van der Waals surface area contributed by atoms with Crippen LogP contribution in [0.15, 0.2) is 29.4 Å². The second-order valence-electron chi connectivity index (χ2n) is 4.56. The second-order valence-corrected chi connectivity index (χ2v) is 5.53. The Hall–Kier alpha value is -1.33. The third kappa shape index (κ3) is 6.75. The summed E-state index contributed by atoms with van der Waals surface area (Å²) in [4.78, 5) is 14.1. The number of nitrogens with two attached hydrogens (primary N) is 1. The Morgan fingerprint density at radius 1 is 1.43 bits per heavy atom. The number of benzene rings is 1. The highest BCUT2D eigenvalue weighted by Crippen LogP contribution is 2.49. The van der Waals surface area contributed by atoms with Crippen LogP contribution in [-0.2, 0) is 15.3 Å². The minimum absolute atomic E-state index is 0.143. The summed E-state index contributed by atoms with van der Waals surface area (Å²) >= 11 is 10.7. The maximum atomic E-state index is 14.4. The number of carbonyl (C=O) groups is 1. The van der Waals surface area contributed by atoms with Gasteiger partial charge in [-0.25, -0.2) is 4.39 Å². The van der Waals surface area contributed by atoms with Crippen LogP contribution >= 0.6 is 23.2 Å². The molecule has 0 aromatic heterocycles. The topological polar surface area (TPSA) is 64.7 Å². The summed E-state index contributed by atoms with van der Waals surface area (Å²) in [7, 11) is 0. The first-order chi connectivity index (χ1) is 11.0. The Morgan fingerprint density at radius 3 is 2.35 bits per heavy atom. The number of hydrogen-bond acceptors (Lipinski definition) is 3. The Kier molecular flexibility index (Phi) is 10.6. The molecule has 0 bridgehead atoms. The molecule has 1 saturated carbocycles. The highest BCUT2D eigenvalue weighted by atomic mass is 35.5. The summed E-state index contributed by atoms with van der Waals surface area (Å²) in [5, 5.41) is 3.94. The molecule has 1 aromatic rings. The van der Waals surface area contributed by atoms with Gasteiger partial charge >= 0.3 is 6.47 Å². The quantitative estimate of drug-likeness (QED) is 0.211. The van der Waals surface area contributed by atoms with Crippen LogP contribution in [0, 0.1) is 5.92 Å². The zero-order chi connectivity index (χ0) is 17.9. The highest BCUT2D eigenvalue weighted by Gasteiger charge is 2.48. The normalized spacial score (nSPS) is 22.5. The monoisotopic (exact) mass is 364 g/mol. The molecule has 4 nitrogen and oxygen atoms in total. The van der Waals surface area contributed by atoms with Gasteiger partial charge in [-0.15, -0.1) is 11.6 Å². The fourth-order valence-electron chi connectivity index (χ4n) is 2.07. The summed E-state index contributed by atoms with van der Waals surface area (Å²) in [6.07, 6.45) is 0.457. The molecule has 0 amide bonds. The van der Waals surface area contributed by atoms with Crippen molar-refractivity contribution in [3.05, 3.63) is 34.9 Å². The number of nitrogens with zero attached hydrogens (tertiary/aromatic N) is 1. The lowest BCUT2D eigenvalue weighted by Gasteiger charge is -2.41. The lowest BCUT2D eigenvalue weighted by Crippen LogP contribution is -2.44. The minimum atomic E-state index is -1.41. The van der Waals surface area contributed by atoms with E-state index in [-0.39, 0.29) is 31.1 Å². The molecule has 0 aliphatic heterocycles. The van der Waals surface area contributed by atoms with Gasteiger partial charge in [0.2, 0.25) is 0 Å². The van der Waals surface area contributed by atoms with Crippen LogP contribution in [0.3, 0.4) is 0 Å². The number of hydrogen-bond donors (Lipinski definition) is 1. The van der Waals surface area contributed by atoms with Crippen LogP contribution < -0.4 is 5.73 Å². The smallest absolute Gasteiger partial charge is 0.323 e. The zero-order valence-corrected chi connectivity index (χ0v) is 15.1. The molecule has 23 heavy (non-hydrogen) atoms. The maximum Gasteiger partial charge on any atom is 0.323 e. The van der Waals surface area contributed by atoms with Gasteiger partial charge in [0.15, 0.2) is 0 Å². The standard InChI is InChI=1S/C12H12ClFN2O2.C2H5Cl.C2H6/c13-10-3-1-9(2-4-10)12(14)5-8(6-12)11(15)16-18-7-17;1-2-3;1-2/h1-4,7-8H,5-6H2,(H2,15,16);2H2,1H3;1-2H3. The average molecular weight is 365 g/mol. The van der Waals surface area contributed by atoms with Crippen LogP contribution in [0.5, 0.6) is 0 Å². The molecule has 1 fully saturated rings. The molecule has 1 aromatic carbocycles. The lowest BCUT2D eigenvalue weighted by molar-refractivity contribution is -0.128. The van der Waals surface area contributed by atoms with Gasteiger partial charge in [0.05, 0.1) is 0 Å². The number of rotatable bonds is 4. The van der Waals surface area contributed by atoms with Gasteiger partial charge in [-0.3, -0.25) is 4.79 Å². The molecule has 2 rings (SSSR count). The van der Waals surface area contributed by atoms with E-state index in [2.05, 4.69) is 9.99 Å². The van der Waals surface area contributed by atoms with Crippen LogP contribution in [0.4, 0.5) is 4.39 Å². The Labute approximate surface area is 146 Å².